The zero-order valence-corrected chi connectivity index (χ0v) is 22.2. The van der Waals surface area contributed by atoms with E-state index in [0.29, 0.717) is 0 Å². The van der Waals surface area contributed by atoms with Gasteiger partial charge in [0, 0.05) is 0 Å². The van der Waals surface area contributed by atoms with Gasteiger partial charge in [0.15, 0.2) is 0 Å². The van der Waals surface area contributed by atoms with E-state index < -0.39 is 0 Å². The molecule has 7 aromatic rings. The fraction of sp³-hybridized carbons (Fsp3) is 0. The van der Waals surface area contributed by atoms with Crippen LogP contribution in [0.4, 0.5) is 0 Å². The first-order valence-corrected chi connectivity index (χ1v) is 13.8. The van der Waals surface area contributed by atoms with Crippen molar-refractivity contribution in [3.05, 3.63) is 170 Å². The summed E-state index contributed by atoms with van der Waals surface area (Å²) < 4.78 is 0. The summed E-state index contributed by atoms with van der Waals surface area (Å²) in [6.07, 6.45) is 0. The first kappa shape index (κ1) is 23.9. The van der Waals surface area contributed by atoms with Gasteiger partial charge in [0.25, 0.3) is 0 Å². The second-order valence-corrected chi connectivity index (χ2v) is 10.1. The maximum atomic E-state index is 2.42. The Morgan fingerprint density at radius 3 is 1.25 bits per heavy atom. The Kier molecular flexibility index (Phi) is 6.28. The van der Waals surface area contributed by atoms with Crippen molar-refractivity contribution >= 4 is 10.8 Å². The van der Waals surface area contributed by atoms with Gasteiger partial charge >= 0.3 is 0 Å². The third kappa shape index (κ3) is 4.30. The van der Waals surface area contributed by atoms with Crippen LogP contribution in [0.15, 0.2) is 170 Å². The fourth-order valence-corrected chi connectivity index (χ4v) is 5.90. The summed E-state index contributed by atoms with van der Waals surface area (Å²) in [5, 5.41) is 2.50. The Balaban J connectivity index is 1.72. The molecule has 40 heavy (non-hydrogen) atoms. The minimum atomic E-state index is 1.21. The molecule has 7 aromatic carbocycles. The van der Waals surface area contributed by atoms with Gasteiger partial charge < -0.3 is 0 Å². The van der Waals surface area contributed by atoms with E-state index in [1.165, 1.54) is 66.4 Å². The molecule has 0 aliphatic carbocycles. The highest BCUT2D eigenvalue weighted by Crippen LogP contribution is 2.50. The predicted octanol–water partition coefficient (Wildman–Crippen LogP) is 11.2. The Morgan fingerprint density at radius 2 is 0.675 bits per heavy atom. The molecule has 188 valence electrons. The smallest absolute Gasteiger partial charge is 0.00143 e. The highest BCUT2D eigenvalue weighted by molar-refractivity contribution is 6.10. The molecule has 0 radical (unpaired) electrons. The highest BCUT2D eigenvalue weighted by Gasteiger charge is 2.24. The molecule has 0 bridgehead atoms. The lowest BCUT2D eigenvalue weighted by atomic mass is 9.78. The largest absolute Gasteiger partial charge is 0.0622 e. The lowest BCUT2D eigenvalue weighted by Crippen LogP contribution is -1.98. The van der Waals surface area contributed by atoms with E-state index in [1.807, 2.05) is 0 Å². The average Bonchev–Trinajstić information content (AvgIpc) is 3.05. The molecule has 0 aromatic heterocycles. The van der Waals surface area contributed by atoms with Crippen LogP contribution in [0.25, 0.3) is 66.4 Å². The van der Waals surface area contributed by atoms with Crippen LogP contribution in [-0.4, -0.2) is 0 Å². The van der Waals surface area contributed by atoms with Crippen LogP contribution in [-0.2, 0) is 0 Å². The van der Waals surface area contributed by atoms with E-state index in [0.717, 1.165) is 0 Å². The summed E-state index contributed by atoms with van der Waals surface area (Å²) in [6, 6.07) is 61.2. The Morgan fingerprint density at radius 1 is 0.250 bits per heavy atom. The van der Waals surface area contributed by atoms with Crippen LogP contribution >= 0.6 is 0 Å². The number of benzene rings is 7. The molecule has 0 heterocycles. The van der Waals surface area contributed by atoms with Crippen LogP contribution in [0.5, 0.6) is 0 Å². The van der Waals surface area contributed by atoms with Gasteiger partial charge in [-0.05, 0) is 72.5 Å². The van der Waals surface area contributed by atoms with E-state index in [4.69, 9.17) is 0 Å². The van der Waals surface area contributed by atoms with Crippen molar-refractivity contribution in [3.63, 3.8) is 0 Å². The zero-order valence-electron chi connectivity index (χ0n) is 22.2. The van der Waals surface area contributed by atoms with Crippen LogP contribution < -0.4 is 0 Å². The lowest BCUT2D eigenvalue weighted by Gasteiger charge is -2.25. The SMILES string of the molecule is c1ccc(-c2cc(-c3cccc4ccccc34)c(-c3ccccc3)c(-c3ccccc3)c2-c2ccccc2)cc1. The van der Waals surface area contributed by atoms with Crippen molar-refractivity contribution in [1.82, 2.24) is 0 Å². The summed E-state index contributed by atoms with van der Waals surface area (Å²) in [5.74, 6) is 0. The van der Waals surface area contributed by atoms with Crippen molar-refractivity contribution in [2.75, 3.05) is 0 Å². The summed E-state index contributed by atoms with van der Waals surface area (Å²) >= 11 is 0. The summed E-state index contributed by atoms with van der Waals surface area (Å²) in [6.45, 7) is 0. The van der Waals surface area contributed by atoms with Gasteiger partial charge in [-0.25, -0.2) is 0 Å². The quantitative estimate of drug-likeness (QED) is 0.217. The second kappa shape index (κ2) is 10.5. The van der Waals surface area contributed by atoms with Crippen LogP contribution in [0.3, 0.4) is 0 Å². The Labute approximate surface area is 235 Å². The monoisotopic (exact) mass is 508 g/mol. The van der Waals surface area contributed by atoms with Gasteiger partial charge in [-0.1, -0.05) is 164 Å². The van der Waals surface area contributed by atoms with E-state index in [2.05, 4.69) is 170 Å². The van der Waals surface area contributed by atoms with Gasteiger partial charge in [-0.15, -0.1) is 0 Å². The lowest BCUT2D eigenvalue weighted by molar-refractivity contribution is 1.53. The van der Waals surface area contributed by atoms with Crippen LogP contribution in [0.2, 0.25) is 0 Å². The second-order valence-electron chi connectivity index (χ2n) is 10.1. The topological polar surface area (TPSA) is 0 Å². The van der Waals surface area contributed by atoms with Crippen molar-refractivity contribution in [2.45, 2.75) is 0 Å². The van der Waals surface area contributed by atoms with Crippen molar-refractivity contribution < 1.29 is 0 Å². The standard InChI is InChI=1S/C40H28/c1-5-16-30(17-6-1)36-28-37(35-27-15-25-29-18-13-14-26-34(29)35)39(32-21-9-3-10-22-32)40(33-23-11-4-12-24-33)38(36)31-19-7-2-8-20-31/h1-28H. The molecular formula is C40H28. The molecule has 0 atom stereocenters. The summed E-state index contributed by atoms with van der Waals surface area (Å²) in [5.41, 5.74) is 12.3. The minimum Gasteiger partial charge on any atom is -0.0622 e. The van der Waals surface area contributed by atoms with Gasteiger partial charge in [0.05, 0.1) is 0 Å². The molecule has 0 aliphatic rings. The Hall–Kier alpha value is -5.20. The van der Waals surface area contributed by atoms with E-state index in [1.54, 1.807) is 0 Å². The van der Waals surface area contributed by atoms with Gasteiger partial charge in [0.1, 0.15) is 0 Å². The average molecular weight is 509 g/mol. The first-order chi connectivity index (χ1) is 19.9. The molecule has 0 N–H and O–H groups in total. The summed E-state index contributed by atoms with van der Waals surface area (Å²) in [4.78, 5) is 0. The molecule has 0 unspecified atom stereocenters. The number of hydrogen-bond donors (Lipinski definition) is 0. The molecule has 0 amide bonds. The van der Waals surface area contributed by atoms with Gasteiger partial charge in [0.2, 0.25) is 0 Å². The van der Waals surface area contributed by atoms with Crippen molar-refractivity contribution in [2.24, 2.45) is 0 Å². The van der Waals surface area contributed by atoms with Gasteiger partial charge in [-0.2, -0.15) is 0 Å². The van der Waals surface area contributed by atoms with Gasteiger partial charge in [-0.3, -0.25) is 0 Å². The number of rotatable bonds is 5. The van der Waals surface area contributed by atoms with E-state index >= 15 is 0 Å². The maximum Gasteiger partial charge on any atom is -0.00143 e. The normalized spacial score (nSPS) is 11.0. The third-order valence-electron chi connectivity index (χ3n) is 7.68. The predicted molar refractivity (Wildman–Crippen MR) is 171 cm³/mol. The molecule has 0 heteroatoms. The first-order valence-electron chi connectivity index (χ1n) is 13.8. The van der Waals surface area contributed by atoms with E-state index in [9.17, 15) is 0 Å². The number of fused-ring (bicyclic) bond motifs is 1. The highest BCUT2D eigenvalue weighted by atomic mass is 14.3. The number of hydrogen-bond acceptors (Lipinski definition) is 0. The van der Waals surface area contributed by atoms with Crippen LogP contribution in [0.1, 0.15) is 0 Å². The van der Waals surface area contributed by atoms with Crippen molar-refractivity contribution in [1.29, 1.82) is 0 Å². The fourth-order valence-electron chi connectivity index (χ4n) is 5.90. The van der Waals surface area contributed by atoms with E-state index in [-0.39, 0.29) is 0 Å². The van der Waals surface area contributed by atoms with Crippen molar-refractivity contribution in [3.8, 4) is 55.6 Å². The molecule has 0 saturated heterocycles. The molecule has 0 nitrogen and oxygen atoms in total. The molecule has 0 spiro atoms. The minimum absolute atomic E-state index is 1.21. The summed E-state index contributed by atoms with van der Waals surface area (Å²) in [7, 11) is 0. The zero-order chi connectivity index (χ0) is 26.7. The maximum absolute atomic E-state index is 2.42. The molecule has 0 fully saturated rings. The third-order valence-corrected chi connectivity index (χ3v) is 7.68. The molecule has 7 rings (SSSR count). The molecule has 0 aliphatic heterocycles. The van der Waals surface area contributed by atoms with Crippen LogP contribution in [0, 0.1) is 0 Å². The molecule has 0 saturated carbocycles. The molecular weight excluding hydrogens is 480 g/mol. The Bertz CT molecular complexity index is 1900.